The largest absolute Gasteiger partial charge is 0.329 e. The first-order valence-corrected chi connectivity index (χ1v) is 8.39. The molecule has 3 heteroatoms. The summed E-state index contributed by atoms with van der Waals surface area (Å²) in [6.07, 6.45) is 9.59. The predicted octanol–water partition coefficient (Wildman–Crippen LogP) is 2.31. The van der Waals surface area contributed by atoms with E-state index in [4.69, 9.17) is 5.73 Å². The van der Waals surface area contributed by atoms with Crippen LogP contribution in [0.2, 0.25) is 0 Å². The molecule has 2 heterocycles. The highest BCUT2D eigenvalue weighted by Crippen LogP contribution is 2.26. The zero-order chi connectivity index (χ0) is 13.7. The van der Waals surface area contributed by atoms with Crippen LogP contribution in [0.15, 0.2) is 0 Å². The standard InChI is InChI=1S/C16H33N3/c1-3-14-7-10-19(16(12-14)13-17)11-8-15-6-4-5-9-18(15)2/h14-16H,3-13,17H2,1-2H3. The van der Waals surface area contributed by atoms with Crippen LogP contribution in [0.3, 0.4) is 0 Å². The van der Waals surface area contributed by atoms with Crippen molar-refractivity contribution in [1.82, 2.24) is 9.80 Å². The molecule has 0 radical (unpaired) electrons. The molecule has 2 saturated heterocycles. The predicted molar refractivity (Wildman–Crippen MR) is 82.3 cm³/mol. The summed E-state index contributed by atoms with van der Waals surface area (Å²) in [4.78, 5) is 5.24. The Bertz CT molecular complexity index is 256. The number of hydrogen-bond acceptors (Lipinski definition) is 3. The number of nitrogens with zero attached hydrogens (tertiary/aromatic N) is 2. The average molecular weight is 267 g/mol. The lowest BCUT2D eigenvalue weighted by atomic mass is 9.88. The fraction of sp³-hybridized carbons (Fsp3) is 1.00. The van der Waals surface area contributed by atoms with Crippen molar-refractivity contribution in [3.05, 3.63) is 0 Å². The van der Waals surface area contributed by atoms with Crippen molar-refractivity contribution in [3.63, 3.8) is 0 Å². The van der Waals surface area contributed by atoms with Crippen LogP contribution in [0, 0.1) is 5.92 Å². The lowest BCUT2D eigenvalue weighted by molar-refractivity contribution is 0.0922. The maximum absolute atomic E-state index is 5.99. The molecule has 2 N–H and O–H groups in total. The van der Waals surface area contributed by atoms with Crippen LogP contribution in [0.4, 0.5) is 0 Å². The first-order valence-electron chi connectivity index (χ1n) is 8.39. The summed E-state index contributed by atoms with van der Waals surface area (Å²) in [6, 6.07) is 1.46. The minimum Gasteiger partial charge on any atom is -0.329 e. The van der Waals surface area contributed by atoms with Crippen LogP contribution in [-0.4, -0.2) is 55.1 Å². The second-order valence-corrected chi connectivity index (χ2v) is 6.64. The van der Waals surface area contributed by atoms with E-state index in [1.165, 1.54) is 64.6 Å². The Morgan fingerprint density at radius 3 is 2.63 bits per heavy atom. The van der Waals surface area contributed by atoms with Crippen molar-refractivity contribution < 1.29 is 0 Å². The number of likely N-dealkylation sites (tertiary alicyclic amines) is 2. The molecule has 2 aliphatic rings. The highest BCUT2D eigenvalue weighted by molar-refractivity contribution is 4.84. The molecule has 2 rings (SSSR count). The molecule has 0 amide bonds. The third kappa shape index (κ3) is 4.17. The van der Waals surface area contributed by atoms with Crippen LogP contribution in [0.5, 0.6) is 0 Å². The van der Waals surface area contributed by atoms with Crippen molar-refractivity contribution in [2.24, 2.45) is 11.7 Å². The second kappa shape index (κ2) is 7.61. The molecule has 0 bridgehead atoms. The Morgan fingerprint density at radius 2 is 1.95 bits per heavy atom. The minimum absolute atomic E-state index is 0.646. The Balaban J connectivity index is 1.78. The first kappa shape index (κ1) is 15.3. The Kier molecular flexibility index (Phi) is 6.11. The van der Waals surface area contributed by atoms with Crippen molar-refractivity contribution in [2.75, 3.05) is 33.2 Å². The van der Waals surface area contributed by atoms with Gasteiger partial charge in [-0.1, -0.05) is 19.8 Å². The molecule has 3 unspecified atom stereocenters. The van der Waals surface area contributed by atoms with Gasteiger partial charge in [0.15, 0.2) is 0 Å². The fourth-order valence-electron chi connectivity index (χ4n) is 3.92. The van der Waals surface area contributed by atoms with Gasteiger partial charge < -0.3 is 10.6 Å². The molecule has 112 valence electrons. The van der Waals surface area contributed by atoms with Crippen LogP contribution in [0.1, 0.15) is 51.9 Å². The topological polar surface area (TPSA) is 32.5 Å². The molecule has 0 aromatic heterocycles. The van der Waals surface area contributed by atoms with E-state index in [2.05, 4.69) is 23.8 Å². The Morgan fingerprint density at radius 1 is 1.11 bits per heavy atom. The molecule has 0 aromatic rings. The average Bonchev–Trinajstić information content (AvgIpc) is 2.46. The van der Waals surface area contributed by atoms with Gasteiger partial charge in [-0.05, 0) is 64.7 Å². The zero-order valence-corrected chi connectivity index (χ0v) is 13.0. The molecule has 0 spiro atoms. The zero-order valence-electron chi connectivity index (χ0n) is 13.0. The fourth-order valence-corrected chi connectivity index (χ4v) is 3.92. The third-order valence-electron chi connectivity index (χ3n) is 5.47. The number of rotatable bonds is 5. The summed E-state index contributed by atoms with van der Waals surface area (Å²) in [5, 5.41) is 0. The van der Waals surface area contributed by atoms with Gasteiger partial charge in [-0.3, -0.25) is 4.90 Å². The van der Waals surface area contributed by atoms with Gasteiger partial charge in [0.25, 0.3) is 0 Å². The normalized spacial score (nSPS) is 34.6. The van der Waals surface area contributed by atoms with Gasteiger partial charge in [0.1, 0.15) is 0 Å². The smallest absolute Gasteiger partial charge is 0.0221 e. The molecular weight excluding hydrogens is 234 g/mol. The molecule has 0 saturated carbocycles. The Hall–Kier alpha value is -0.120. The van der Waals surface area contributed by atoms with Gasteiger partial charge in [-0.15, -0.1) is 0 Å². The SMILES string of the molecule is CCC1CCN(CCC2CCCCN2C)C(CN)C1. The molecule has 0 aromatic carbocycles. The summed E-state index contributed by atoms with van der Waals surface area (Å²) in [7, 11) is 2.30. The van der Waals surface area contributed by atoms with E-state index in [0.29, 0.717) is 6.04 Å². The van der Waals surface area contributed by atoms with E-state index in [1.54, 1.807) is 0 Å². The molecule has 0 aliphatic carbocycles. The minimum atomic E-state index is 0.646. The summed E-state index contributed by atoms with van der Waals surface area (Å²) < 4.78 is 0. The summed E-state index contributed by atoms with van der Waals surface area (Å²) in [5.41, 5.74) is 5.99. The van der Waals surface area contributed by atoms with E-state index >= 15 is 0 Å². The van der Waals surface area contributed by atoms with Gasteiger partial charge in [-0.2, -0.15) is 0 Å². The molecule has 19 heavy (non-hydrogen) atoms. The van der Waals surface area contributed by atoms with Crippen molar-refractivity contribution in [3.8, 4) is 0 Å². The van der Waals surface area contributed by atoms with Crippen LogP contribution in [0.25, 0.3) is 0 Å². The lowest BCUT2D eigenvalue weighted by Crippen LogP contribution is -2.48. The van der Waals surface area contributed by atoms with E-state index in [-0.39, 0.29) is 0 Å². The van der Waals surface area contributed by atoms with Crippen LogP contribution >= 0.6 is 0 Å². The van der Waals surface area contributed by atoms with Crippen molar-refractivity contribution in [2.45, 2.75) is 64.0 Å². The summed E-state index contributed by atoms with van der Waals surface area (Å²) in [5.74, 6) is 0.919. The van der Waals surface area contributed by atoms with E-state index in [0.717, 1.165) is 18.5 Å². The van der Waals surface area contributed by atoms with E-state index in [9.17, 15) is 0 Å². The summed E-state index contributed by atoms with van der Waals surface area (Å²) >= 11 is 0. The van der Waals surface area contributed by atoms with Crippen molar-refractivity contribution >= 4 is 0 Å². The van der Waals surface area contributed by atoms with Gasteiger partial charge in [0.2, 0.25) is 0 Å². The monoisotopic (exact) mass is 267 g/mol. The quantitative estimate of drug-likeness (QED) is 0.829. The van der Waals surface area contributed by atoms with E-state index < -0.39 is 0 Å². The summed E-state index contributed by atoms with van der Waals surface area (Å²) in [6.45, 7) is 6.99. The maximum Gasteiger partial charge on any atom is 0.0221 e. The van der Waals surface area contributed by atoms with Gasteiger partial charge in [-0.25, -0.2) is 0 Å². The van der Waals surface area contributed by atoms with Crippen LogP contribution in [-0.2, 0) is 0 Å². The number of nitrogens with two attached hydrogens (primary N) is 1. The molecule has 2 fully saturated rings. The first-order chi connectivity index (χ1) is 9.24. The molecule has 3 nitrogen and oxygen atoms in total. The number of piperidine rings is 2. The van der Waals surface area contributed by atoms with Gasteiger partial charge in [0.05, 0.1) is 0 Å². The highest BCUT2D eigenvalue weighted by atomic mass is 15.2. The van der Waals surface area contributed by atoms with Gasteiger partial charge in [0, 0.05) is 18.6 Å². The Labute approximate surface area is 119 Å². The van der Waals surface area contributed by atoms with Crippen LogP contribution < -0.4 is 5.73 Å². The van der Waals surface area contributed by atoms with Crippen molar-refractivity contribution in [1.29, 1.82) is 0 Å². The third-order valence-corrected chi connectivity index (χ3v) is 5.47. The second-order valence-electron chi connectivity index (χ2n) is 6.64. The molecule has 3 atom stereocenters. The van der Waals surface area contributed by atoms with Gasteiger partial charge >= 0.3 is 0 Å². The number of hydrogen-bond donors (Lipinski definition) is 1. The molecule has 2 aliphatic heterocycles. The van der Waals surface area contributed by atoms with E-state index in [1.807, 2.05) is 0 Å². The lowest BCUT2D eigenvalue weighted by Gasteiger charge is -2.40. The maximum atomic E-state index is 5.99. The highest BCUT2D eigenvalue weighted by Gasteiger charge is 2.27. The molecular formula is C16H33N3.